The fourth-order valence-electron chi connectivity index (χ4n) is 5.67. The SMILES string of the molecule is COCCNc1cccc(CN2C(=O)c3cccc(c3)S(=O)(=O)Nc3nc(cc(-c4c(C)cccc4C)n3)OC[C@H]2CC(C)(C)C)n1. The Morgan fingerprint density at radius 2 is 1.72 bits per heavy atom. The number of rotatable bonds is 8. The van der Waals surface area contributed by atoms with Gasteiger partial charge in [0, 0.05) is 30.8 Å². The van der Waals surface area contributed by atoms with Gasteiger partial charge in [0.05, 0.1) is 35.5 Å². The Kier molecular flexibility index (Phi) is 10.1. The highest BCUT2D eigenvalue weighted by molar-refractivity contribution is 7.92. The van der Waals surface area contributed by atoms with Gasteiger partial charge in [0.25, 0.3) is 15.9 Å². The van der Waals surface area contributed by atoms with Crippen molar-refractivity contribution >= 4 is 27.7 Å². The molecule has 12 heteroatoms. The molecule has 0 aliphatic carbocycles. The average molecular weight is 659 g/mol. The quantitative estimate of drug-likeness (QED) is 0.223. The normalized spacial score (nSPS) is 16.3. The standard InChI is InChI=1S/C35H42N6O5S/c1-23-10-7-11-24(2)32(23)29-19-31-39-34(38-29)40-47(43,44)28-14-8-12-25(18-28)33(42)41(27(22-46-31)20-35(3,4)5)21-26-13-9-15-30(37-26)36-16-17-45-6/h7-15,18-19,27H,16-17,20-22H2,1-6H3,(H,36,37)(H,38,39,40)/t27-/m1/s1. The fourth-order valence-corrected chi connectivity index (χ4v) is 6.66. The summed E-state index contributed by atoms with van der Waals surface area (Å²) >= 11 is 0. The Morgan fingerprint density at radius 1 is 1.00 bits per heavy atom. The zero-order valence-corrected chi connectivity index (χ0v) is 28.5. The number of hydrogen-bond donors (Lipinski definition) is 2. The van der Waals surface area contributed by atoms with Crippen molar-refractivity contribution in [3.05, 3.63) is 89.1 Å². The maximum Gasteiger partial charge on any atom is 0.264 e. The van der Waals surface area contributed by atoms with Crippen molar-refractivity contribution in [2.24, 2.45) is 5.41 Å². The first-order valence-corrected chi connectivity index (χ1v) is 17.0. The summed E-state index contributed by atoms with van der Waals surface area (Å²) in [5, 5.41) is 3.24. The molecule has 5 rings (SSSR count). The molecule has 4 bridgehead atoms. The van der Waals surface area contributed by atoms with Crippen LogP contribution in [0.25, 0.3) is 11.3 Å². The topological polar surface area (TPSA) is 136 Å². The molecule has 248 valence electrons. The van der Waals surface area contributed by atoms with E-state index in [1.165, 1.54) is 12.1 Å². The Hall–Kier alpha value is -4.55. The third kappa shape index (κ3) is 8.44. The zero-order chi connectivity index (χ0) is 33.8. The number of anilines is 2. The van der Waals surface area contributed by atoms with Gasteiger partial charge in [-0.15, -0.1) is 0 Å². The van der Waals surface area contributed by atoms with E-state index < -0.39 is 16.1 Å². The number of sulfonamides is 1. The van der Waals surface area contributed by atoms with Crippen LogP contribution in [0.15, 0.2) is 71.6 Å². The molecule has 11 nitrogen and oxygen atoms in total. The van der Waals surface area contributed by atoms with Crippen LogP contribution in [-0.2, 0) is 21.3 Å². The monoisotopic (exact) mass is 658 g/mol. The van der Waals surface area contributed by atoms with Crippen LogP contribution in [0, 0.1) is 19.3 Å². The molecule has 2 aromatic heterocycles. The third-order valence-corrected chi connectivity index (χ3v) is 9.11. The van der Waals surface area contributed by atoms with Gasteiger partial charge in [-0.05, 0) is 67.1 Å². The van der Waals surface area contributed by atoms with Gasteiger partial charge in [-0.1, -0.05) is 51.1 Å². The van der Waals surface area contributed by atoms with E-state index >= 15 is 0 Å². The van der Waals surface area contributed by atoms with Crippen LogP contribution in [-0.4, -0.2) is 67.1 Å². The minimum atomic E-state index is -4.17. The van der Waals surface area contributed by atoms with Crippen molar-refractivity contribution < 1.29 is 22.7 Å². The molecule has 1 amide bonds. The maximum absolute atomic E-state index is 14.4. The number of amides is 1. The van der Waals surface area contributed by atoms with Crippen molar-refractivity contribution in [1.29, 1.82) is 0 Å². The molecule has 0 saturated carbocycles. The lowest BCUT2D eigenvalue weighted by molar-refractivity contribution is 0.0509. The lowest BCUT2D eigenvalue weighted by Gasteiger charge is -2.35. The number of hydrogen-bond acceptors (Lipinski definition) is 9. The molecular formula is C35H42N6O5S. The molecular weight excluding hydrogens is 616 g/mol. The van der Waals surface area contributed by atoms with E-state index in [0.29, 0.717) is 36.8 Å². The summed E-state index contributed by atoms with van der Waals surface area (Å²) in [5.74, 6) is 0.387. The van der Waals surface area contributed by atoms with E-state index in [0.717, 1.165) is 16.7 Å². The highest BCUT2D eigenvalue weighted by Gasteiger charge is 2.32. The number of carbonyl (C=O) groups is 1. The zero-order valence-electron chi connectivity index (χ0n) is 27.7. The van der Waals surface area contributed by atoms with Gasteiger partial charge >= 0.3 is 0 Å². The second-order valence-corrected chi connectivity index (χ2v) is 14.6. The molecule has 0 unspecified atom stereocenters. The number of benzene rings is 2. The van der Waals surface area contributed by atoms with Crippen LogP contribution in [0.2, 0.25) is 0 Å². The third-order valence-electron chi connectivity index (χ3n) is 7.78. The summed E-state index contributed by atoms with van der Waals surface area (Å²) in [6.07, 6.45) is 0.586. The fraction of sp³-hybridized carbons (Fsp3) is 0.371. The molecule has 0 radical (unpaired) electrons. The summed E-state index contributed by atoms with van der Waals surface area (Å²) in [7, 11) is -2.53. The lowest BCUT2D eigenvalue weighted by atomic mass is 9.87. The second-order valence-electron chi connectivity index (χ2n) is 12.9. The molecule has 2 N–H and O–H groups in total. The first-order chi connectivity index (χ1) is 22.3. The average Bonchev–Trinajstić information content (AvgIpc) is 3.01. The Labute approximate surface area is 276 Å². The summed E-state index contributed by atoms with van der Waals surface area (Å²) in [4.78, 5) is 29.8. The number of carbonyl (C=O) groups excluding carboxylic acids is 1. The van der Waals surface area contributed by atoms with Gasteiger partial charge in [0.1, 0.15) is 12.4 Å². The molecule has 2 aromatic carbocycles. The van der Waals surface area contributed by atoms with Gasteiger partial charge in [-0.2, -0.15) is 4.98 Å². The van der Waals surface area contributed by atoms with E-state index in [1.54, 1.807) is 30.2 Å². The van der Waals surface area contributed by atoms with Crippen LogP contribution in [0.4, 0.5) is 11.8 Å². The van der Waals surface area contributed by atoms with Crippen LogP contribution in [0.1, 0.15) is 54.4 Å². The second kappa shape index (κ2) is 14.1. The molecule has 3 heterocycles. The van der Waals surface area contributed by atoms with Gasteiger partial charge in [-0.3, -0.25) is 4.79 Å². The molecule has 0 spiro atoms. The molecule has 47 heavy (non-hydrogen) atoms. The number of aromatic nitrogens is 3. The number of aryl methyl sites for hydroxylation is 2. The van der Waals surface area contributed by atoms with Crippen LogP contribution < -0.4 is 14.8 Å². The number of nitrogens with zero attached hydrogens (tertiary/aromatic N) is 4. The number of fused-ring (bicyclic) bond motifs is 4. The summed E-state index contributed by atoms with van der Waals surface area (Å²) in [5.41, 5.74) is 4.03. The summed E-state index contributed by atoms with van der Waals surface area (Å²) < 4.78 is 41.3. The highest BCUT2D eigenvalue weighted by atomic mass is 32.2. The van der Waals surface area contributed by atoms with E-state index in [-0.39, 0.29) is 46.8 Å². The number of pyridine rings is 1. The molecule has 0 saturated heterocycles. The Bertz CT molecular complexity index is 1840. The van der Waals surface area contributed by atoms with Crippen molar-refractivity contribution in [3.63, 3.8) is 0 Å². The minimum Gasteiger partial charge on any atom is -0.475 e. The predicted molar refractivity (Wildman–Crippen MR) is 182 cm³/mol. The van der Waals surface area contributed by atoms with Crippen molar-refractivity contribution in [2.75, 3.05) is 36.9 Å². The van der Waals surface area contributed by atoms with E-state index in [4.69, 9.17) is 14.5 Å². The van der Waals surface area contributed by atoms with Crippen LogP contribution in [0.3, 0.4) is 0 Å². The Balaban J connectivity index is 1.63. The number of nitrogens with one attached hydrogen (secondary N) is 2. The Morgan fingerprint density at radius 3 is 2.45 bits per heavy atom. The van der Waals surface area contributed by atoms with Gasteiger partial charge < -0.3 is 19.7 Å². The van der Waals surface area contributed by atoms with Gasteiger partial charge in [0.2, 0.25) is 11.8 Å². The van der Waals surface area contributed by atoms with Crippen molar-refractivity contribution in [3.8, 4) is 17.1 Å². The summed E-state index contributed by atoms with van der Waals surface area (Å²) in [6.45, 7) is 11.6. The predicted octanol–water partition coefficient (Wildman–Crippen LogP) is 5.85. The van der Waals surface area contributed by atoms with Crippen LogP contribution >= 0.6 is 0 Å². The van der Waals surface area contributed by atoms with E-state index in [1.807, 2.05) is 50.2 Å². The van der Waals surface area contributed by atoms with E-state index in [2.05, 4.69) is 40.8 Å². The van der Waals surface area contributed by atoms with E-state index in [9.17, 15) is 13.2 Å². The largest absolute Gasteiger partial charge is 0.475 e. The van der Waals surface area contributed by atoms with Gasteiger partial charge in [0.15, 0.2) is 0 Å². The molecule has 1 atom stereocenters. The minimum absolute atomic E-state index is 0.0825. The molecule has 1 aliphatic heterocycles. The maximum atomic E-state index is 14.4. The lowest BCUT2D eigenvalue weighted by Crippen LogP contribution is -2.45. The van der Waals surface area contributed by atoms with Crippen molar-refractivity contribution in [1.82, 2.24) is 19.9 Å². The molecule has 4 aromatic rings. The first kappa shape index (κ1) is 33.8. The van der Waals surface area contributed by atoms with Crippen molar-refractivity contribution in [2.45, 2.75) is 58.5 Å². The number of ether oxygens (including phenoxy) is 2. The smallest absolute Gasteiger partial charge is 0.264 e. The summed E-state index contributed by atoms with van der Waals surface area (Å²) in [6, 6.07) is 18.8. The first-order valence-electron chi connectivity index (χ1n) is 15.5. The number of methoxy groups -OCH3 is 1. The molecule has 1 aliphatic rings. The van der Waals surface area contributed by atoms with Gasteiger partial charge in [-0.25, -0.2) is 23.1 Å². The highest BCUT2D eigenvalue weighted by Crippen LogP contribution is 2.31. The van der Waals surface area contributed by atoms with Crippen LogP contribution in [0.5, 0.6) is 5.88 Å². The molecule has 0 fully saturated rings.